The fourth-order valence-electron chi connectivity index (χ4n) is 1.89. The third kappa shape index (κ3) is 3.17. The molecule has 1 aromatic heterocycles. The van der Waals surface area contributed by atoms with Gasteiger partial charge < -0.3 is 5.73 Å². The molecule has 0 unspecified atom stereocenters. The summed E-state index contributed by atoms with van der Waals surface area (Å²) in [5.74, 6) is 0. The van der Waals surface area contributed by atoms with Crippen LogP contribution in [-0.4, -0.2) is 29.5 Å². The first-order valence-corrected chi connectivity index (χ1v) is 7.81. The monoisotopic (exact) mass is 294 g/mol. The molecular weight excluding hydrogens is 276 g/mol. The third-order valence-electron chi connectivity index (χ3n) is 2.92. The number of aromatic nitrogens is 2. The molecule has 0 amide bonds. The van der Waals surface area contributed by atoms with Crippen LogP contribution in [0.25, 0.3) is 0 Å². The second-order valence-corrected chi connectivity index (χ2v) is 6.45. The van der Waals surface area contributed by atoms with E-state index in [-0.39, 0.29) is 4.90 Å². The van der Waals surface area contributed by atoms with Gasteiger partial charge in [-0.25, -0.2) is 8.42 Å². The van der Waals surface area contributed by atoms with E-state index in [0.29, 0.717) is 18.8 Å². The van der Waals surface area contributed by atoms with Gasteiger partial charge in [-0.1, -0.05) is 19.1 Å². The van der Waals surface area contributed by atoms with Gasteiger partial charge in [-0.2, -0.15) is 9.40 Å². The molecule has 0 aliphatic rings. The molecule has 0 aliphatic heterocycles. The lowest BCUT2D eigenvalue weighted by Gasteiger charge is -2.20. The number of aromatic amines is 1. The van der Waals surface area contributed by atoms with Crippen molar-refractivity contribution in [2.24, 2.45) is 0 Å². The molecule has 1 aromatic carbocycles. The minimum atomic E-state index is -3.52. The number of nitrogen functional groups attached to an aromatic ring is 1. The van der Waals surface area contributed by atoms with E-state index in [9.17, 15) is 8.42 Å². The van der Waals surface area contributed by atoms with Crippen LogP contribution in [0.4, 0.5) is 5.69 Å². The molecule has 6 nitrogen and oxygen atoms in total. The van der Waals surface area contributed by atoms with Crippen LogP contribution in [0.5, 0.6) is 0 Å². The molecular formula is C13H18N4O2S. The summed E-state index contributed by atoms with van der Waals surface area (Å²) in [6.45, 7) is 2.72. The van der Waals surface area contributed by atoms with E-state index in [2.05, 4.69) is 10.2 Å². The lowest BCUT2D eigenvalue weighted by Crippen LogP contribution is -2.31. The lowest BCUT2D eigenvalue weighted by atomic mass is 10.2. The van der Waals surface area contributed by atoms with Crippen LogP contribution in [0.3, 0.4) is 0 Å². The van der Waals surface area contributed by atoms with Gasteiger partial charge in [0.15, 0.2) is 0 Å². The van der Waals surface area contributed by atoms with Gasteiger partial charge in [0, 0.05) is 25.0 Å². The fourth-order valence-corrected chi connectivity index (χ4v) is 3.32. The molecule has 0 radical (unpaired) electrons. The van der Waals surface area contributed by atoms with Gasteiger partial charge in [-0.3, -0.25) is 5.10 Å². The molecule has 20 heavy (non-hydrogen) atoms. The summed E-state index contributed by atoms with van der Waals surface area (Å²) in [6.07, 6.45) is 3.45. The molecule has 0 saturated carbocycles. The predicted octanol–water partition coefficient (Wildman–Crippen LogP) is 1.59. The topological polar surface area (TPSA) is 92.1 Å². The van der Waals surface area contributed by atoms with Crippen LogP contribution in [0.2, 0.25) is 0 Å². The number of nitrogens with zero attached hydrogens (tertiary/aromatic N) is 2. The summed E-state index contributed by atoms with van der Waals surface area (Å²) < 4.78 is 26.4. The zero-order chi connectivity index (χ0) is 14.6. The second-order valence-electron chi connectivity index (χ2n) is 4.51. The standard InChI is InChI=1S/C13H18N4O2S/c1-2-7-17(10-11-3-5-12(14)6-4-11)20(18,19)13-8-15-16-9-13/h3-6,8-9H,2,7,10,14H2,1H3,(H,15,16). The minimum Gasteiger partial charge on any atom is -0.399 e. The highest BCUT2D eigenvalue weighted by Gasteiger charge is 2.24. The quantitative estimate of drug-likeness (QED) is 0.791. The Bertz CT molecular complexity index is 636. The Kier molecular flexibility index (Phi) is 4.41. The van der Waals surface area contributed by atoms with Gasteiger partial charge in [-0.05, 0) is 24.1 Å². The van der Waals surface area contributed by atoms with E-state index in [4.69, 9.17) is 5.73 Å². The van der Waals surface area contributed by atoms with Crippen molar-refractivity contribution in [3.63, 3.8) is 0 Å². The SMILES string of the molecule is CCCN(Cc1ccc(N)cc1)S(=O)(=O)c1cn[nH]c1. The average molecular weight is 294 g/mol. The zero-order valence-corrected chi connectivity index (χ0v) is 12.1. The summed E-state index contributed by atoms with van der Waals surface area (Å²) in [4.78, 5) is 0.182. The van der Waals surface area contributed by atoms with Crippen LogP contribution in [0.1, 0.15) is 18.9 Å². The summed E-state index contributed by atoms with van der Waals surface area (Å²) in [7, 11) is -3.52. The smallest absolute Gasteiger partial charge is 0.246 e. The highest BCUT2D eigenvalue weighted by molar-refractivity contribution is 7.89. The van der Waals surface area contributed by atoms with E-state index < -0.39 is 10.0 Å². The molecule has 0 aliphatic carbocycles. The molecule has 0 bridgehead atoms. The Hall–Kier alpha value is -1.86. The highest BCUT2D eigenvalue weighted by Crippen LogP contribution is 2.18. The molecule has 7 heteroatoms. The van der Waals surface area contributed by atoms with E-state index in [1.54, 1.807) is 12.1 Å². The Morgan fingerprint density at radius 3 is 2.55 bits per heavy atom. The number of anilines is 1. The summed E-state index contributed by atoms with van der Waals surface area (Å²) >= 11 is 0. The molecule has 108 valence electrons. The number of nitrogens with two attached hydrogens (primary N) is 1. The van der Waals surface area contributed by atoms with Gasteiger partial charge >= 0.3 is 0 Å². The van der Waals surface area contributed by atoms with E-state index in [1.165, 1.54) is 16.7 Å². The molecule has 0 fully saturated rings. The summed E-state index contributed by atoms with van der Waals surface area (Å²) in [5, 5.41) is 6.23. The van der Waals surface area contributed by atoms with E-state index in [1.807, 2.05) is 19.1 Å². The number of nitrogens with one attached hydrogen (secondary N) is 1. The number of sulfonamides is 1. The number of hydrogen-bond donors (Lipinski definition) is 2. The number of H-pyrrole nitrogens is 1. The number of rotatable bonds is 6. The normalized spacial score (nSPS) is 11.9. The minimum absolute atomic E-state index is 0.182. The van der Waals surface area contributed by atoms with Crippen molar-refractivity contribution in [1.82, 2.24) is 14.5 Å². The van der Waals surface area contributed by atoms with E-state index in [0.717, 1.165) is 12.0 Å². The molecule has 0 saturated heterocycles. The van der Waals surface area contributed by atoms with Gasteiger partial charge in [0.1, 0.15) is 4.90 Å². The maximum Gasteiger partial charge on any atom is 0.246 e. The number of hydrogen-bond acceptors (Lipinski definition) is 4. The van der Waals surface area contributed by atoms with Gasteiger partial charge in [0.25, 0.3) is 0 Å². The lowest BCUT2D eigenvalue weighted by molar-refractivity contribution is 0.406. The average Bonchev–Trinajstić information content (AvgIpc) is 2.95. The maximum absolute atomic E-state index is 12.5. The van der Waals surface area contributed by atoms with Gasteiger partial charge in [0.05, 0.1) is 6.20 Å². The van der Waals surface area contributed by atoms with Crippen LogP contribution < -0.4 is 5.73 Å². The second kappa shape index (κ2) is 6.06. The summed E-state index contributed by atoms with van der Waals surface area (Å²) in [5.41, 5.74) is 7.20. The molecule has 0 spiro atoms. The molecule has 3 N–H and O–H groups in total. The Morgan fingerprint density at radius 1 is 1.30 bits per heavy atom. The zero-order valence-electron chi connectivity index (χ0n) is 11.3. The van der Waals surface area contributed by atoms with Crippen LogP contribution in [0.15, 0.2) is 41.6 Å². The first kappa shape index (κ1) is 14.5. The molecule has 1 heterocycles. The molecule has 2 aromatic rings. The maximum atomic E-state index is 12.5. The predicted molar refractivity (Wildman–Crippen MR) is 77.3 cm³/mol. The molecule has 2 rings (SSSR count). The first-order valence-electron chi connectivity index (χ1n) is 6.37. The van der Waals surface area contributed by atoms with Crippen molar-refractivity contribution in [3.05, 3.63) is 42.2 Å². The number of benzene rings is 1. The largest absolute Gasteiger partial charge is 0.399 e. The van der Waals surface area contributed by atoms with Crippen molar-refractivity contribution in [1.29, 1.82) is 0 Å². The fraction of sp³-hybridized carbons (Fsp3) is 0.308. The van der Waals surface area contributed by atoms with Crippen molar-refractivity contribution in [3.8, 4) is 0 Å². The van der Waals surface area contributed by atoms with Crippen molar-refractivity contribution < 1.29 is 8.42 Å². The first-order chi connectivity index (χ1) is 9.54. The van der Waals surface area contributed by atoms with Crippen LogP contribution in [0, 0.1) is 0 Å². The Labute approximate surface area is 118 Å². The van der Waals surface area contributed by atoms with Crippen molar-refractivity contribution in [2.75, 3.05) is 12.3 Å². The highest BCUT2D eigenvalue weighted by atomic mass is 32.2. The Balaban J connectivity index is 2.25. The Morgan fingerprint density at radius 2 is 2.00 bits per heavy atom. The van der Waals surface area contributed by atoms with E-state index >= 15 is 0 Å². The van der Waals surface area contributed by atoms with Crippen molar-refractivity contribution in [2.45, 2.75) is 24.8 Å². The molecule has 0 atom stereocenters. The summed E-state index contributed by atoms with van der Waals surface area (Å²) in [6, 6.07) is 7.21. The van der Waals surface area contributed by atoms with Gasteiger partial charge in [0.2, 0.25) is 10.0 Å². The van der Waals surface area contributed by atoms with Crippen LogP contribution >= 0.6 is 0 Å². The third-order valence-corrected chi connectivity index (χ3v) is 4.73. The van der Waals surface area contributed by atoms with Gasteiger partial charge in [-0.15, -0.1) is 0 Å². The van der Waals surface area contributed by atoms with Crippen LogP contribution in [-0.2, 0) is 16.6 Å². The van der Waals surface area contributed by atoms with Crippen molar-refractivity contribution >= 4 is 15.7 Å².